The van der Waals surface area contributed by atoms with E-state index < -0.39 is 16.1 Å². The molecule has 2 aromatic carbocycles. The number of para-hydroxylation sites is 1. The minimum Gasteiger partial charge on any atom is -0.497 e. The van der Waals surface area contributed by atoms with Crippen molar-refractivity contribution in [2.75, 3.05) is 78.6 Å². The molecule has 0 aliphatic carbocycles. The van der Waals surface area contributed by atoms with E-state index in [0.29, 0.717) is 26.2 Å². The van der Waals surface area contributed by atoms with Crippen molar-refractivity contribution in [3.8, 4) is 5.75 Å². The third kappa shape index (κ3) is 8.62. The van der Waals surface area contributed by atoms with Crippen molar-refractivity contribution < 1.29 is 27.5 Å². The molecule has 45 heavy (non-hydrogen) atoms. The van der Waals surface area contributed by atoms with E-state index in [2.05, 4.69) is 18.7 Å². The van der Waals surface area contributed by atoms with Gasteiger partial charge in [-0.15, -0.1) is 0 Å². The summed E-state index contributed by atoms with van der Waals surface area (Å²) in [6.07, 6.45) is 1.02. The number of benzene rings is 2. The number of carbonyl (C=O) groups is 2. The molecule has 0 saturated carbocycles. The molecule has 0 spiro atoms. The quantitative estimate of drug-likeness (QED) is 0.457. The van der Waals surface area contributed by atoms with Crippen LogP contribution in [0.25, 0.3) is 0 Å². The van der Waals surface area contributed by atoms with Gasteiger partial charge in [-0.1, -0.05) is 30.3 Å². The normalized spacial score (nSPS) is 19.6. The molecule has 0 bridgehead atoms. The fourth-order valence-corrected chi connectivity index (χ4v) is 7.16. The van der Waals surface area contributed by atoms with Gasteiger partial charge in [0.25, 0.3) is 10.2 Å². The lowest BCUT2D eigenvalue weighted by atomic mass is 10.0. The Morgan fingerprint density at radius 1 is 1.02 bits per heavy atom. The number of methoxy groups -OCH3 is 1. The maximum Gasteiger partial charge on any atom is 0.281 e. The largest absolute Gasteiger partial charge is 0.497 e. The summed E-state index contributed by atoms with van der Waals surface area (Å²) in [6, 6.07) is 13.7. The number of anilines is 1. The van der Waals surface area contributed by atoms with E-state index in [1.165, 1.54) is 22.7 Å². The van der Waals surface area contributed by atoms with Gasteiger partial charge in [0.2, 0.25) is 11.8 Å². The molecule has 1 fully saturated rings. The highest BCUT2D eigenvalue weighted by molar-refractivity contribution is 7.86. The second-order valence-corrected chi connectivity index (χ2v) is 14.5. The molecule has 1 unspecified atom stereocenters. The fraction of sp³-hybridized carbons (Fsp3) is 0.576. The van der Waals surface area contributed by atoms with Crippen LogP contribution in [0.1, 0.15) is 37.0 Å². The maximum atomic E-state index is 14.3. The van der Waals surface area contributed by atoms with Crippen LogP contribution in [0.3, 0.4) is 0 Å². The molecule has 0 radical (unpaired) electrons. The van der Waals surface area contributed by atoms with Gasteiger partial charge in [0.15, 0.2) is 0 Å². The summed E-state index contributed by atoms with van der Waals surface area (Å²) in [7, 11) is 0.891. The molecule has 11 nitrogen and oxygen atoms in total. The van der Waals surface area contributed by atoms with Crippen molar-refractivity contribution in [3.05, 3.63) is 59.2 Å². The first-order valence-electron chi connectivity index (χ1n) is 15.7. The Hall–Kier alpha value is -3.03. The average Bonchev–Trinajstić information content (AvgIpc) is 3.29. The minimum atomic E-state index is -3.71. The molecule has 2 aliphatic heterocycles. The predicted octanol–water partition coefficient (Wildman–Crippen LogP) is 2.78. The van der Waals surface area contributed by atoms with Gasteiger partial charge in [-0.25, -0.2) is 0 Å². The summed E-state index contributed by atoms with van der Waals surface area (Å²) in [5.74, 6) is -0.0726. The van der Waals surface area contributed by atoms with E-state index >= 15 is 0 Å². The van der Waals surface area contributed by atoms with Crippen molar-refractivity contribution in [1.29, 1.82) is 0 Å². The van der Waals surface area contributed by atoms with Crippen molar-refractivity contribution in [3.63, 3.8) is 0 Å². The van der Waals surface area contributed by atoms with E-state index in [4.69, 9.17) is 9.47 Å². The highest BCUT2D eigenvalue weighted by Crippen LogP contribution is 2.29. The van der Waals surface area contributed by atoms with Crippen LogP contribution in [0, 0.1) is 12.8 Å². The molecule has 2 heterocycles. The molecule has 2 aromatic rings. The first kappa shape index (κ1) is 34.8. The number of carbonyl (C=O) groups excluding carboxylic acids is 2. The second kappa shape index (κ2) is 15.5. The van der Waals surface area contributed by atoms with Gasteiger partial charge in [0.1, 0.15) is 5.75 Å². The van der Waals surface area contributed by atoms with Crippen LogP contribution in [-0.4, -0.2) is 118 Å². The number of amides is 2. The lowest BCUT2D eigenvalue weighted by molar-refractivity contribution is -0.138. The Kier molecular flexibility index (Phi) is 12.0. The van der Waals surface area contributed by atoms with Gasteiger partial charge in [0.05, 0.1) is 38.3 Å². The molecule has 4 rings (SSSR count). The highest BCUT2D eigenvalue weighted by atomic mass is 32.2. The van der Waals surface area contributed by atoms with Crippen LogP contribution in [0.2, 0.25) is 0 Å². The predicted molar refractivity (Wildman–Crippen MR) is 175 cm³/mol. The molecular weight excluding hydrogens is 594 g/mol. The first-order valence-corrected chi connectivity index (χ1v) is 17.1. The summed E-state index contributed by atoms with van der Waals surface area (Å²) >= 11 is 0. The molecule has 2 amide bonds. The van der Waals surface area contributed by atoms with Crippen LogP contribution in [-0.2, 0) is 37.5 Å². The third-order valence-corrected chi connectivity index (χ3v) is 10.6. The zero-order chi connectivity index (χ0) is 32.7. The van der Waals surface area contributed by atoms with Crippen LogP contribution < -0.4 is 9.64 Å². The van der Waals surface area contributed by atoms with Gasteiger partial charge < -0.3 is 19.3 Å². The van der Waals surface area contributed by atoms with E-state index in [1.54, 1.807) is 7.11 Å². The van der Waals surface area contributed by atoms with Crippen molar-refractivity contribution in [2.45, 2.75) is 46.2 Å². The molecule has 248 valence electrons. The Balaban J connectivity index is 1.68. The van der Waals surface area contributed by atoms with Gasteiger partial charge >= 0.3 is 0 Å². The highest BCUT2D eigenvalue weighted by Gasteiger charge is 2.35. The Labute approximate surface area is 268 Å². The summed E-state index contributed by atoms with van der Waals surface area (Å²) in [5, 5.41) is 0. The maximum absolute atomic E-state index is 14.3. The van der Waals surface area contributed by atoms with E-state index in [1.807, 2.05) is 59.2 Å². The van der Waals surface area contributed by atoms with Gasteiger partial charge in [-0.05, 0) is 56.0 Å². The van der Waals surface area contributed by atoms with Gasteiger partial charge in [-0.2, -0.15) is 17.0 Å². The second-order valence-electron chi connectivity index (χ2n) is 12.3. The summed E-state index contributed by atoms with van der Waals surface area (Å²) < 4.78 is 39.6. The number of nitrogens with zero attached hydrogens (tertiary/aromatic N) is 5. The SMILES string of the molecule is COc1ccc(CC(=O)N2CCCN(C(C)C)CCN(C(=O)C3COCCN(S(=O)(=O)N(C)C)C3)Cc3cccc(C)c32)cc1. The smallest absolute Gasteiger partial charge is 0.281 e. The number of fused-ring (bicyclic) bond motifs is 1. The van der Waals surface area contributed by atoms with Crippen LogP contribution in [0.4, 0.5) is 5.69 Å². The number of hydrogen-bond donors (Lipinski definition) is 0. The van der Waals surface area contributed by atoms with Crippen LogP contribution in [0.5, 0.6) is 5.75 Å². The van der Waals surface area contributed by atoms with Crippen molar-refractivity contribution >= 4 is 27.7 Å². The topological polar surface area (TPSA) is 103 Å². The van der Waals surface area contributed by atoms with Crippen LogP contribution in [0.15, 0.2) is 42.5 Å². The Morgan fingerprint density at radius 3 is 2.42 bits per heavy atom. The molecule has 12 heteroatoms. The number of hydrogen-bond acceptors (Lipinski definition) is 7. The molecular formula is C33H49N5O6S. The third-order valence-electron chi connectivity index (χ3n) is 8.66. The Bertz CT molecular complexity index is 1420. The summed E-state index contributed by atoms with van der Waals surface area (Å²) in [4.78, 5) is 34.3. The fourth-order valence-electron chi connectivity index (χ4n) is 6.02. The monoisotopic (exact) mass is 643 g/mol. The van der Waals surface area contributed by atoms with Gasteiger partial charge in [0, 0.05) is 66.0 Å². The van der Waals surface area contributed by atoms with Crippen LogP contribution >= 0.6 is 0 Å². The lowest BCUT2D eigenvalue weighted by Crippen LogP contribution is -2.48. The summed E-state index contributed by atoms with van der Waals surface area (Å²) in [5.41, 5.74) is 3.58. The molecule has 1 saturated heterocycles. The van der Waals surface area contributed by atoms with Gasteiger partial charge in [-0.3, -0.25) is 14.5 Å². The van der Waals surface area contributed by atoms with E-state index in [0.717, 1.165) is 41.1 Å². The van der Waals surface area contributed by atoms with Crippen molar-refractivity contribution in [1.82, 2.24) is 18.4 Å². The lowest BCUT2D eigenvalue weighted by Gasteiger charge is -2.33. The molecule has 2 aliphatic rings. The van der Waals surface area contributed by atoms with E-state index in [9.17, 15) is 18.0 Å². The summed E-state index contributed by atoms with van der Waals surface area (Å²) in [6.45, 7) is 9.66. The standard InChI is InChI=1S/C33H49N5O6S/c1-25(2)35-15-8-16-38(31(39)21-27-11-13-30(43-6)14-12-27)32-26(3)9-7-10-28(32)22-36(18-17-35)33(40)29-23-37(19-20-44-24-29)45(41,42)34(4)5/h7,9-14,25,29H,8,15-24H2,1-6H3. The number of rotatable bonds is 7. The number of ether oxygens (including phenoxy) is 2. The zero-order valence-corrected chi connectivity index (χ0v) is 28.4. The van der Waals surface area contributed by atoms with Crippen molar-refractivity contribution in [2.24, 2.45) is 5.92 Å². The zero-order valence-electron chi connectivity index (χ0n) is 27.6. The minimum absolute atomic E-state index is 0.00867. The van der Waals surface area contributed by atoms with E-state index in [-0.39, 0.29) is 50.6 Å². The molecule has 0 N–H and O–H groups in total. The first-order chi connectivity index (χ1) is 21.4. The molecule has 0 aromatic heterocycles. The number of aryl methyl sites for hydroxylation is 1. The molecule has 1 atom stereocenters. The average molecular weight is 644 g/mol. The Morgan fingerprint density at radius 2 is 1.76 bits per heavy atom.